The first kappa shape index (κ1) is 16.7. The normalized spacial score (nSPS) is 11.6. The smallest absolute Gasteiger partial charge is 0.399 e. The predicted molar refractivity (Wildman–Crippen MR) is 79.7 cm³/mol. The SMILES string of the molecule is NNc1cc(C(c2ccc(O)c(NN)c2)C(F)(F)F)ccc1O. The van der Waals surface area contributed by atoms with E-state index in [9.17, 15) is 23.4 Å². The quantitative estimate of drug-likeness (QED) is 0.291. The Labute approximate surface area is 129 Å². The van der Waals surface area contributed by atoms with Crippen LogP contribution in [0.2, 0.25) is 0 Å². The summed E-state index contributed by atoms with van der Waals surface area (Å²) in [4.78, 5) is 0. The van der Waals surface area contributed by atoms with Crippen molar-refractivity contribution in [3.05, 3.63) is 47.5 Å². The molecule has 0 bridgehead atoms. The zero-order valence-electron chi connectivity index (χ0n) is 11.7. The van der Waals surface area contributed by atoms with Crippen molar-refractivity contribution in [3.8, 4) is 11.5 Å². The van der Waals surface area contributed by atoms with Crippen LogP contribution in [0.4, 0.5) is 24.5 Å². The molecule has 2 aromatic carbocycles. The molecule has 0 spiro atoms. The van der Waals surface area contributed by atoms with E-state index in [0.29, 0.717) is 0 Å². The number of halogens is 3. The third kappa shape index (κ3) is 3.41. The van der Waals surface area contributed by atoms with Crippen LogP contribution < -0.4 is 22.5 Å². The lowest BCUT2D eigenvalue weighted by Gasteiger charge is -2.23. The maximum absolute atomic E-state index is 13.5. The minimum absolute atomic E-state index is 0.0345. The molecule has 9 heteroatoms. The molecule has 8 N–H and O–H groups in total. The summed E-state index contributed by atoms with van der Waals surface area (Å²) in [7, 11) is 0. The molecular weight excluding hydrogens is 313 g/mol. The van der Waals surface area contributed by atoms with Crippen LogP contribution in [-0.4, -0.2) is 16.4 Å². The lowest BCUT2D eigenvalue weighted by Crippen LogP contribution is -2.22. The van der Waals surface area contributed by atoms with Gasteiger partial charge in [-0.2, -0.15) is 13.2 Å². The highest BCUT2D eigenvalue weighted by Gasteiger charge is 2.42. The first-order valence-corrected chi connectivity index (χ1v) is 6.43. The van der Waals surface area contributed by atoms with Gasteiger partial charge in [-0.15, -0.1) is 0 Å². The summed E-state index contributed by atoms with van der Waals surface area (Å²) in [5.74, 6) is 7.84. The molecule has 0 fully saturated rings. The highest BCUT2D eigenvalue weighted by atomic mass is 19.4. The van der Waals surface area contributed by atoms with Gasteiger partial charge in [0.05, 0.1) is 11.4 Å². The minimum Gasteiger partial charge on any atom is -0.506 e. The second-order valence-electron chi connectivity index (χ2n) is 4.82. The molecule has 0 atom stereocenters. The van der Waals surface area contributed by atoms with Crippen molar-refractivity contribution < 1.29 is 23.4 Å². The number of hydrogen-bond donors (Lipinski definition) is 6. The summed E-state index contributed by atoms with van der Waals surface area (Å²) in [6.45, 7) is 0. The van der Waals surface area contributed by atoms with Gasteiger partial charge in [0.15, 0.2) is 0 Å². The zero-order chi connectivity index (χ0) is 17.2. The second-order valence-corrected chi connectivity index (χ2v) is 4.82. The van der Waals surface area contributed by atoms with E-state index in [1.165, 1.54) is 0 Å². The van der Waals surface area contributed by atoms with E-state index >= 15 is 0 Å². The fraction of sp³-hybridized carbons (Fsp3) is 0.143. The van der Waals surface area contributed by atoms with Gasteiger partial charge in [-0.25, -0.2) is 0 Å². The summed E-state index contributed by atoms with van der Waals surface area (Å²) in [5, 5.41) is 19.1. The Hall–Kier alpha value is -2.65. The molecular formula is C14H15F3N4O2. The molecule has 0 aliphatic heterocycles. The summed E-state index contributed by atoms with van der Waals surface area (Å²) in [6.07, 6.45) is -4.61. The van der Waals surface area contributed by atoms with E-state index in [0.717, 1.165) is 36.4 Å². The number of phenolic OH excluding ortho intramolecular Hbond substituents is 2. The van der Waals surface area contributed by atoms with Crippen molar-refractivity contribution in [2.45, 2.75) is 12.1 Å². The number of rotatable bonds is 4. The first-order valence-electron chi connectivity index (χ1n) is 6.43. The Balaban J connectivity index is 2.59. The van der Waals surface area contributed by atoms with Crippen LogP contribution in [0.1, 0.15) is 17.0 Å². The van der Waals surface area contributed by atoms with Crippen LogP contribution in [0.5, 0.6) is 11.5 Å². The first-order chi connectivity index (χ1) is 10.8. The molecule has 0 aromatic heterocycles. The van der Waals surface area contributed by atoms with Crippen molar-refractivity contribution >= 4 is 11.4 Å². The molecule has 0 unspecified atom stereocenters. The largest absolute Gasteiger partial charge is 0.506 e. The van der Waals surface area contributed by atoms with Crippen molar-refractivity contribution in [1.82, 2.24) is 0 Å². The van der Waals surface area contributed by atoms with Gasteiger partial charge >= 0.3 is 6.18 Å². The Kier molecular flexibility index (Phi) is 4.52. The third-order valence-corrected chi connectivity index (χ3v) is 3.35. The molecule has 23 heavy (non-hydrogen) atoms. The van der Waals surface area contributed by atoms with Gasteiger partial charge in [-0.1, -0.05) is 12.1 Å². The maximum Gasteiger partial charge on any atom is 0.399 e. The number of nitrogens with one attached hydrogen (secondary N) is 2. The Morgan fingerprint density at radius 3 is 1.52 bits per heavy atom. The van der Waals surface area contributed by atoms with Gasteiger partial charge in [0.25, 0.3) is 0 Å². The highest BCUT2D eigenvalue weighted by Crippen LogP contribution is 2.43. The van der Waals surface area contributed by atoms with E-state index in [1.807, 2.05) is 0 Å². The predicted octanol–water partition coefficient (Wildman–Crippen LogP) is 2.36. The minimum atomic E-state index is -4.61. The van der Waals surface area contributed by atoms with Crippen LogP contribution in [0.15, 0.2) is 36.4 Å². The fourth-order valence-corrected chi connectivity index (χ4v) is 2.27. The molecule has 124 valence electrons. The van der Waals surface area contributed by atoms with Gasteiger partial charge in [0, 0.05) is 0 Å². The number of phenols is 2. The van der Waals surface area contributed by atoms with Crippen molar-refractivity contribution in [2.75, 3.05) is 10.9 Å². The average Bonchev–Trinajstić information content (AvgIpc) is 2.49. The van der Waals surface area contributed by atoms with Crippen LogP contribution in [0.25, 0.3) is 0 Å². The topological polar surface area (TPSA) is 117 Å². The van der Waals surface area contributed by atoms with Gasteiger partial charge in [0.1, 0.15) is 17.4 Å². The lowest BCUT2D eigenvalue weighted by molar-refractivity contribution is -0.141. The number of nitrogen functional groups attached to an aromatic ring is 2. The Morgan fingerprint density at radius 1 is 0.826 bits per heavy atom. The van der Waals surface area contributed by atoms with Crippen LogP contribution in [0, 0.1) is 0 Å². The number of hydrogen-bond acceptors (Lipinski definition) is 6. The van der Waals surface area contributed by atoms with Gasteiger partial charge in [0.2, 0.25) is 0 Å². The highest BCUT2D eigenvalue weighted by molar-refractivity contribution is 5.60. The van der Waals surface area contributed by atoms with E-state index < -0.39 is 12.1 Å². The molecule has 0 saturated carbocycles. The molecule has 0 aliphatic carbocycles. The third-order valence-electron chi connectivity index (χ3n) is 3.35. The number of anilines is 2. The summed E-state index contributed by atoms with van der Waals surface area (Å²) >= 11 is 0. The van der Waals surface area contributed by atoms with Gasteiger partial charge in [-0.05, 0) is 35.4 Å². The monoisotopic (exact) mass is 328 g/mol. The summed E-state index contributed by atoms with van der Waals surface area (Å²) in [5.41, 5.74) is 3.95. The Morgan fingerprint density at radius 2 is 1.22 bits per heavy atom. The lowest BCUT2D eigenvalue weighted by atomic mass is 9.90. The number of alkyl halides is 3. The standard InChI is InChI=1S/C14H15F3N4O2/c15-14(16,17)13(7-1-3-11(22)9(5-7)20-18)8-2-4-12(23)10(6-8)21-19/h1-6,13,20-23H,18-19H2. The second kappa shape index (κ2) is 6.23. The fourth-order valence-electron chi connectivity index (χ4n) is 2.27. The molecule has 2 aromatic rings. The van der Waals surface area contributed by atoms with Gasteiger partial charge in [-0.3, -0.25) is 11.7 Å². The number of nitrogens with two attached hydrogens (primary N) is 2. The maximum atomic E-state index is 13.5. The molecule has 0 amide bonds. The zero-order valence-corrected chi connectivity index (χ0v) is 11.7. The van der Waals surface area contributed by atoms with Crippen molar-refractivity contribution in [1.29, 1.82) is 0 Å². The van der Waals surface area contributed by atoms with Crippen LogP contribution in [0.3, 0.4) is 0 Å². The number of benzene rings is 2. The molecule has 0 saturated heterocycles. The van der Waals surface area contributed by atoms with E-state index in [2.05, 4.69) is 10.9 Å². The average molecular weight is 328 g/mol. The number of hydrazine groups is 2. The molecule has 2 rings (SSSR count). The molecule has 0 aliphatic rings. The number of aromatic hydroxyl groups is 2. The van der Waals surface area contributed by atoms with E-state index in [4.69, 9.17) is 11.7 Å². The summed E-state index contributed by atoms with van der Waals surface area (Å²) < 4.78 is 40.6. The molecule has 0 radical (unpaired) electrons. The van der Waals surface area contributed by atoms with E-state index in [-0.39, 0.29) is 34.0 Å². The molecule has 0 heterocycles. The van der Waals surface area contributed by atoms with Crippen LogP contribution >= 0.6 is 0 Å². The van der Waals surface area contributed by atoms with Crippen molar-refractivity contribution in [3.63, 3.8) is 0 Å². The Bertz CT molecular complexity index is 653. The van der Waals surface area contributed by atoms with Crippen LogP contribution in [-0.2, 0) is 0 Å². The summed E-state index contributed by atoms with van der Waals surface area (Å²) in [6, 6.07) is 6.75. The van der Waals surface area contributed by atoms with Crippen molar-refractivity contribution in [2.24, 2.45) is 11.7 Å². The van der Waals surface area contributed by atoms with Gasteiger partial charge < -0.3 is 21.1 Å². The van der Waals surface area contributed by atoms with E-state index in [1.54, 1.807) is 0 Å². The molecule has 6 nitrogen and oxygen atoms in total.